The number of rotatable bonds is 3. The van der Waals surface area contributed by atoms with Crippen molar-refractivity contribution in [3.8, 4) is 0 Å². The van der Waals surface area contributed by atoms with Crippen LogP contribution in [0.3, 0.4) is 0 Å². The SMILES string of the molecule is Cc1cc(NCC2(O)CCCC2(C)C)n2ncnc2n1. The molecule has 1 aliphatic carbocycles. The first-order chi connectivity index (χ1) is 9.41. The van der Waals surface area contributed by atoms with Gasteiger partial charge in [-0.05, 0) is 31.6 Å². The largest absolute Gasteiger partial charge is 0.387 e. The van der Waals surface area contributed by atoms with Crippen LogP contribution in [-0.4, -0.2) is 36.8 Å². The number of anilines is 1. The van der Waals surface area contributed by atoms with Gasteiger partial charge in [-0.3, -0.25) is 0 Å². The van der Waals surface area contributed by atoms with Crippen molar-refractivity contribution in [2.24, 2.45) is 5.41 Å². The molecular formula is C14H21N5O. The van der Waals surface area contributed by atoms with Gasteiger partial charge in [0.1, 0.15) is 12.1 Å². The topological polar surface area (TPSA) is 75.3 Å². The van der Waals surface area contributed by atoms with E-state index in [0.29, 0.717) is 12.3 Å². The third-order valence-electron chi connectivity index (χ3n) is 4.59. The second-order valence-corrected chi connectivity index (χ2v) is 6.38. The number of fused-ring (bicyclic) bond motifs is 1. The molecule has 3 rings (SSSR count). The zero-order chi connectivity index (χ0) is 14.4. The summed E-state index contributed by atoms with van der Waals surface area (Å²) in [7, 11) is 0. The van der Waals surface area contributed by atoms with Gasteiger partial charge < -0.3 is 10.4 Å². The summed E-state index contributed by atoms with van der Waals surface area (Å²) in [6.45, 7) is 6.70. The van der Waals surface area contributed by atoms with Crippen LogP contribution in [0.2, 0.25) is 0 Å². The van der Waals surface area contributed by atoms with E-state index < -0.39 is 5.60 Å². The molecular weight excluding hydrogens is 254 g/mol. The Morgan fingerprint density at radius 3 is 2.90 bits per heavy atom. The Morgan fingerprint density at radius 1 is 1.40 bits per heavy atom. The Hall–Kier alpha value is -1.69. The van der Waals surface area contributed by atoms with Gasteiger partial charge in [-0.1, -0.05) is 13.8 Å². The molecule has 0 bridgehead atoms. The molecule has 6 heteroatoms. The molecule has 20 heavy (non-hydrogen) atoms. The minimum Gasteiger partial charge on any atom is -0.387 e. The number of aromatic nitrogens is 4. The van der Waals surface area contributed by atoms with E-state index in [9.17, 15) is 5.11 Å². The highest BCUT2D eigenvalue weighted by atomic mass is 16.3. The zero-order valence-corrected chi connectivity index (χ0v) is 12.2. The summed E-state index contributed by atoms with van der Waals surface area (Å²) in [6, 6.07) is 1.92. The van der Waals surface area contributed by atoms with E-state index in [2.05, 4.69) is 34.2 Å². The zero-order valence-electron chi connectivity index (χ0n) is 12.2. The van der Waals surface area contributed by atoms with Crippen molar-refractivity contribution in [1.29, 1.82) is 0 Å². The van der Waals surface area contributed by atoms with Crippen LogP contribution in [0, 0.1) is 12.3 Å². The molecule has 0 aliphatic heterocycles. The molecule has 0 saturated heterocycles. The predicted octanol–water partition coefficient (Wildman–Crippen LogP) is 1.79. The van der Waals surface area contributed by atoms with Gasteiger partial charge in [0.25, 0.3) is 5.78 Å². The maximum absolute atomic E-state index is 10.8. The highest BCUT2D eigenvalue weighted by Crippen LogP contribution is 2.45. The minimum absolute atomic E-state index is 0.0659. The summed E-state index contributed by atoms with van der Waals surface area (Å²) in [5.41, 5.74) is 0.131. The summed E-state index contributed by atoms with van der Waals surface area (Å²) in [4.78, 5) is 8.41. The third-order valence-corrected chi connectivity index (χ3v) is 4.59. The van der Waals surface area contributed by atoms with Gasteiger partial charge >= 0.3 is 0 Å². The van der Waals surface area contributed by atoms with Crippen molar-refractivity contribution in [3.05, 3.63) is 18.1 Å². The smallest absolute Gasteiger partial charge is 0.254 e. The maximum Gasteiger partial charge on any atom is 0.254 e. The van der Waals surface area contributed by atoms with Crippen molar-refractivity contribution in [1.82, 2.24) is 19.6 Å². The molecule has 1 unspecified atom stereocenters. The molecule has 0 amide bonds. The summed E-state index contributed by atoms with van der Waals surface area (Å²) in [6.07, 6.45) is 4.44. The van der Waals surface area contributed by atoms with Crippen LogP contribution in [0.4, 0.5) is 5.82 Å². The Kier molecular flexibility index (Phi) is 2.93. The van der Waals surface area contributed by atoms with E-state index in [4.69, 9.17) is 0 Å². The fourth-order valence-electron chi connectivity index (χ4n) is 3.01. The van der Waals surface area contributed by atoms with Gasteiger partial charge in [0.05, 0.1) is 5.60 Å². The van der Waals surface area contributed by atoms with Crippen LogP contribution < -0.4 is 5.32 Å². The maximum atomic E-state index is 10.8. The van der Waals surface area contributed by atoms with E-state index in [0.717, 1.165) is 30.8 Å². The van der Waals surface area contributed by atoms with Gasteiger partial charge in [-0.15, -0.1) is 0 Å². The summed E-state index contributed by atoms with van der Waals surface area (Å²) in [5, 5.41) is 18.3. The molecule has 1 fully saturated rings. The number of hydrogen-bond donors (Lipinski definition) is 2. The number of aliphatic hydroxyl groups is 1. The molecule has 2 heterocycles. The van der Waals surface area contributed by atoms with Crippen LogP contribution in [0.15, 0.2) is 12.4 Å². The second kappa shape index (κ2) is 4.41. The molecule has 0 aromatic carbocycles. The van der Waals surface area contributed by atoms with Crippen LogP contribution in [0.5, 0.6) is 0 Å². The Labute approximate surface area is 118 Å². The van der Waals surface area contributed by atoms with E-state index in [1.165, 1.54) is 6.33 Å². The molecule has 1 atom stereocenters. The first kappa shape index (κ1) is 13.3. The standard InChI is InChI=1S/C14H21N5O/c1-10-7-11(19-12(18-10)16-9-17-19)15-8-14(20)6-4-5-13(14,2)3/h7,9,15,20H,4-6,8H2,1-3H3. The molecule has 6 nitrogen and oxygen atoms in total. The quantitative estimate of drug-likeness (QED) is 0.893. The Balaban J connectivity index is 1.85. The fourth-order valence-corrected chi connectivity index (χ4v) is 3.01. The van der Waals surface area contributed by atoms with Gasteiger partial charge in [0.2, 0.25) is 0 Å². The minimum atomic E-state index is -0.683. The number of aryl methyl sites for hydroxylation is 1. The molecule has 1 saturated carbocycles. The average Bonchev–Trinajstić information content (AvgIpc) is 2.92. The van der Waals surface area contributed by atoms with Gasteiger partial charge in [-0.2, -0.15) is 14.6 Å². The average molecular weight is 275 g/mol. The van der Waals surface area contributed by atoms with E-state index in [1.54, 1.807) is 4.52 Å². The lowest BCUT2D eigenvalue weighted by molar-refractivity contribution is -0.0303. The van der Waals surface area contributed by atoms with Gasteiger partial charge in [-0.25, -0.2) is 4.98 Å². The molecule has 2 aromatic heterocycles. The lowest BCUT2D eigenvalue weighted by Crippen LogP contribution is -2.46. The van der Waals surface area contributed by atoms with Crippen molar-refractivity contribution >= 4 is 11.6 Å². The molecule has 2 N–H and O–H groups in total. The number of nitrogens with zero attached hydrogens (tertiary/aromatic N) is 4. The highest BCUT2D eigenvalue weighted by Gasteiger charge is 2.47. The highest BCUT2D eigenvalue weighted by molar-refractivity contribution is 5.45. The monoisotopic (exact) mass is 275 g/mol. The molecule has 1 aliphatic rings. The van der Waals surface area contributed by atoms with Crippen LogP contribution in [0.25, 0.3) is 5.78 Å². The van der Waals surface area contributed by atoms with Crippen molar-refractivity contribution in [2.75, 3.05) is 11.9 Å². The van der Waals surface area contributed by atoms with Crippen molar-refractivity contribution in [3.63, 3.8) is 0 Å². The number of nitrogens with one attached hydrogen (secondary N) is 1. The lowest BCUT2D eigenvalue weighted by Gasteiger charge is -2.37. The Morgan fingerprint density at radius 2 is 2.20 bits per heavy atom. The summed E-state index contributed by atoms with van der Waals surface area (Å²) >= 11 is 0. The van der Waals surface area contributed by atoms with E-state index in [1.807, 2.05) is 13.0 Å². The van der Waals surface area contributed by atoms with Crippen LogP contribution in [-0.2, 0) is 0 Å². The van der Waals surface area contributed by atoms with E-state index >= 15 is 0 Å². The molecule has 0 spiro atoms. The Bertz CT molecular complexity index is 636. The number of hydrogen-bond acceptors (Lipinski definition) is 5. The summed E-state index contributed by atoms with van der Waals surface area (Å²) in [5.74, 6) is 1.39. The summed E-state index contributed by atoms with van der Waals surface area (Å²) < 4.78 is 1.66. The molecule has 2 aromatic rings. The third kappa shape index (κ3) is 2.04. The molecule has 0 radical (unpaired) electrons. The normalized spacial score (nSPS) is 25.2. The van der Waals surface area contributed by atoms with Crippen LogP contribution >= 0.6 is 0 Å². The molecule has 108 valence electrons. The van der Waals surface area contributed by atoms with Crippen molar-refractivity contribution in [2.45, 2.75) is 45.6 Å². The second-order valence-electron chi connectivity index (χ2n) is 6.38. The fraction of sp³-hybridized carbons (Fsp3) is 0.643. The lowest BCUT2D eigenvalue weighted by atomic mass is 9.78. The first-order valence-corrected chi connectivity index (χ1v) is 7.05. The first-order valence-electron chi connectivity index (χ1n) is 7.05. The van der Waals surface area contributed by atoms with Gasteiger partial charge in [0, 0.05) is 18.3 Å². The van der Waals surface area contributed by atoms with Gasteiger partial charge in [0.15, 0.2) is 0 Å². The van der Waals surface area contributed by atoms with Crippen LogP contribution in [0.1, 0.15) is 38.8 Å². The van der Waals surface area contributed by atoms with E-state index in [-0.39, 0.29) is 5.41 Å². The van der Waals surface area contributed by atoms with Crippen molar-refractivity contribution < 1.29 is 5.11 Å². The predicted molar refractivity (Wildman–Crippen MR) is 76.6 cm³/mol.